The third kappa shape index (κ3) is 5.27. The van der Waals surface area contributed by atoms with Gasteiger partial charge in [-0.05, 0) is 15.9 Å². The number of halogens is 1. The van der Waals surface area contributed by atoms with E-state index in [2.05, 4.69) is 22.5 Å². The Bertz CT molecular complexity index is 172. The molecular weight excluding hydrogens is 207 g/mol. The van der Waals surface area contributed by atoms with Crippen molar-refractivity contribution in [2.24, 2.45) is 0 Å². The molecule has 0 rings (SSSR count). The maximum absolute atomic E-state index is 9.63. The quantitative estimate of drug-likeness (QED) is 0.351. The van der Waals surface area contributed by atoms with E-state index >= 15 is 0 Å². The fraction of sp³-hybridized carbons (Fsp3) is 0. The zero-order valence-electron chi connectivity index (χ0n) is 4.22. The number of hydrogen-bond acceptors (Lipinski definition) is 3. The molecule has 0 aromatic carbocycles. The summed E-state index contributed by atoms with van der Waals surface area (Å²) in [6.07, 6.45) is 0. The standard InChI is InChI=1S/C2H3BrO3S.Na/c1-2(3)7(4,5)6;/h1H2,(H,4,5,6);/q;+1/p-1. The minimum Gasteiger partial charge on any atom is -0.744 e. The second-order valence-corrected chi connectivity index (χ2v) is 3.69. The maximum atomic E-state index is 9.63. The molecule has 0 heterocycles. The third-order valence-electron chi connectivity index (χ3n) is 0.271. The average Bonchev–Trinajstić information content (AvgIpc) is 1.31. The summed E-state index contributed by atoms with van der Waals surface area (Å²) in [7, 11) is -4.27. The van der Waals surface area contributed by atoms with Crippen molar-refractivity contribution in [1.29, 1.82) is 0 Å². The SMILES string of the molecule is C=C(Br)S(=O)(=O)[O-].[Na+]. The molecular formula is C2H2BrNaO3S. The van der Waals surface area contributed by atoms with Crippen LogP contribution in [0.1, 0.15) is 0 Å². The molecule has 0 aliphatic rings. The summed E-state index contributed by atoms with van der Waals surface area (Å²) < 4.78 is 28.4. The summed E-state index contributed by atoms with van der Waals surface area (Å²) in [6, 6.07) is 0. The van der Waals surface area contributed by atoms with Crippen LogP contribution in [-0.4, -0.2) is 13.0 Å². The van der Waals surface area contributed by atoms with Crippen LogP contribution in [0.2, 0.25) is 0 Å². The Morgan fingerprint density at radius 2 is 1.75 bits per heavy atom. The Hall–Kier alpha value is 1.13. The van der Waals surface area contributed by atoms with Crippen molar-refractivity contribution in [3.8, 4) is 0 Å². The normalized spacial score (nSPS) is 9.75. The van der Waals surface area contributed by atoms with Crippen LogP contribution in [0.4, 0.5) is 0 Å². The average molecular weight is 209 g/mol. The van der Waals surface area contributed by atoms with Gasteiger partial charge in [-0.1, -0.05) is 6.58 Å². The molecule has 0 aliphatic carbocycles. The first-order valence-electron chi connectivity index (χ1n) is 1.25. The molecule has 0 radical (unpaired) electrons. The van der Waals surface area contributed by atoms with Crippen LogP contribution in [0.5, 0.6) is 0 Å². The van der Waals surface area contributed by atoms with Crippen molar-refractivity contribution in [3.05, 3.63) is 10.4 Å². The zero-order valence-corrected chi connectivity index (χ0v) is 8.62. The molecule has 0 unspecified atom stereocenters. The molecule has 0 amide bonds. The molecule has 0 aromatic heterocycles. The summed E-state index contributed by atoms with van der Waals surface area (Å²) in [4.78, 5) is 0. The van der Waals surface area contributed by atoms with Crippen LogP contribution in [0.3, 0.4) is 0 Å². The summed E-state index contributed by atoms with van der Waals surface area (Å²) >= 11 is 2.40. The third-order valence-corrected chi connectivity index (χ3v) is 2.00. The van der Waals surface area contributed by atoms with E-state index in [1.807, 2.05) is 0 Å². The summed E-state index contributed by atoms with van der Waals surface area (Å²) in [6.45, 7) is 2.84. The van der Waals surface area contributed by atoms with Crippen LogP contribution in [0.25, 0.3) is 0 Å². The van der Waals surface area contributed by atoms with Crippen molar-refractivity contribution in [1.82, 2.24) is 0 Å². The van der Waals surface area contributed by atoms with E-state index in [0.717, 1.165) is 0 Å². The summed E-state index contributed by atoms with van der Waals surface area (Å²) in [5.41, 5.74) is 0. The van der Waals surface area contributed by atoms with E-state index in [9.17, 15) is 13.0 Å². The monoisotopic (exact) mass is 208 g/mol. The van der Waals surface area contributed by atoms with E-state index in [1.165, 1.54) is 0 Å². The van der Waals surface area contributed by atoms with E-state index in [4.69, 9.17) is 0 Å². The molecule has 0 aliphatic heterocycles. The maximum Gasteiger partial charge on any atom is 1.00 e. The first kappa shape index (κ1) is 11.9. The minimum atomic E-state index is -4.27. The van der Waals surface area contributed by atoms with Gasteiger partial charge in [0.1, 0.15) is 10.1 Å². The van der Waals surface area contributed by atoms with Crippen LogP contribution < -0.4 is 29.6 Å². The van der Waals surface area contributed by atoms with Gasteiger partial charge in [0, 0.05) is 0 Å². The van der Waals surface area contributed by atoms with E-state index in [0.29, 0.717) is 0 Å². The Balaban J connectivity index is 0. The molecule has 0 fully saturated rings. The first-order chi connectivity index (χ1) is 2.94. The van der Waals surface area contributed by atoms with Gasteiger partial charge in [-0.25, -0.2) is 8.42 Å². The van der Waals surface area contributed by atoms with Crippen molar-refractivity contribution >= 4 is 26.0 Å². The number of rotatable bonds is 1. The summed E-state index contributed by atoms with van der Waals surface area (Å²) in [5.74, 6) is 0. The van der Waals surface area contributed by atoms with Gasteiger partial charge in [-0.3, -0.25) is 0 Å². The van der Waals surface area contributed by atoms with E-state index in [-0.39, 0.29) is 29.6 Å². The topological polar surface area (TPSA) is 57.2 Å². The van der Waals surface area contributed by atoms with Gasteiger partial charge in [0.25, 0.3) is 0 Å². The Morgan fingerprint density at radius 1 is 1.62 bits per heavy atom. The predicted octanol–water partition coefficient (Wildman–Crippen LogP) is -2.60. The Kier molecular flexibility index (Phi) is 5.98. The Morgan fingerprint density at radius 3 is 1.75 bits per heavy atom. The predicted molar refractivity (Wildman–Crippen MR) is 27.8 cm³/mol. The van der Waals surface area contributed by atoms with Crippen LogP contribution in [0.15, 0.2) is 10.4 Å². The van der Waals surface area contributed by atoms with Gasteiger partial charge in [-0.2, -0.15) is 0 Å². The van der Waals surface area contributed by atoms with Crippen LogP contribution in [0, 0.1) is 0 Å². The van der Waals surface area contributed by atoms with Crippen molar-refractivity contribution < 1.29 is 42.5 Å². The van der Waals surface area contributed by atoms with Crippen molar-refractivity contribution in [2.75, 3.05) is 0 Å². The smallest absolute Gasteiger partial charge is 0.744 e. The largest absolute Gasteiger partial charge is 1.00 e. The van der Waals surface area contributed by atoms with Crippen molar-refractivity contribution in [2.45, 2.75) is 0 Å². The molecule has 0 spiro atoms. The first-order valence-corrected chi connectivity index (χ1v) is 3.45. The van der Waals surface area contributed by atoms with Crippen LogP contribution in [-0.2, 0) is 10.1 Å². The zero-order chi connectivity index (χ0) is 6.08. The molecule has 0 bridgehead atoms. The Labute approximate surface area is 78.3 Å². The van der Waals surface area contributed by atoms with Gasteiger partial charge >= 0.3 is 29.6 Å². The molecule has 0 aromatic rings. The fourth-order valence-electron chi connectivity index (χ4n) is 0. The summed E-state index contributed by atoms with van der Waals surface area (Å²) in [5, 5.41) is 0. The molecule has 0 N–H and O–H groups in total. The molecule has 42 valence electrons. The molecule has 8 heavy (non-hydrogen) atoms. The molecule has 6 heteroatoms. The molecule has 0 atom stereocenters. The fourth-order valence-corrected chi connectivity index (χ4v) is 0. The van der Waals surface area contributed by atoms with Gasteiger partial charge in [0.15, 0.2) is 0 Å². The van der Waals surface area contributed by atoms with Gasteiger partial charge < -0.3 is 4.55 Å². The molecule has 3 nitrogen and oxygen atoms in total. The minimum absolute atomic E-state index is 0. The van der Waals surface area contributed by atoms with Crippen molar-refractivity contribution in [3.63, 3.8) is 0 Å². The second-order valence-electron chi connectivity index (χ2n) is 0.809. The van der Waals surface area contributed by atoms with Gasteiger partial charge in [-0.15, -0.1) is 0 Å². The molecule has 0 saturated carbocycles. The van der Waals surface area contributed by atoms with Crippen LogP contribution >= 0.6 is 15.9 Å². The number of hydrogen-bond donors (Lipinski definition) is 0. The van der Waals surface area contributed by atoms with E-state index < -0.39 is 13.9 Å². The van der Waals surface area contributed by atoms with Gasteiger partial charge in [0.2, 0.25) is 0 Å². The van der Waals surface area contributed by atoms with E-state index in [1.54, 1.807) is 0 Å². The molecule has 0 saturated heterocycles. The van der Waals surface area contributed by atoms with Gasteiger partial charge in [0.05, 0.1) is 3.81 Å². The second kappa shape index (κ2) is 4.03.